The van der Waals surface area contributed by atoms with E-state index < -0.39 is 10.0 Å². The zero-order valence-electron chi connectivity index (χ0n) is 15.0. The van der Waals surface area contributed by atoms with Gasteiger partial charge in [-0.25, -0.2) is 8.42 Å². The Morgan fingerprint density at radius 2 is 1.77 bits per heavy atom. The third-order valence-corrected chi connectivity index (χ3v) is 8.19. The summed E-state index contributed by atoms with van der Waals surface area (Å²) in [5.41, 5.74) is 2.72. The van der Waals surface area contributed by atoms with Crippen molar-refractivity contribution in [3.8, 4) is 0 Å². The van der Waals surface area contributed by atoms with Crippen LogP contribution in [0.25, 0.3) is 4.96 Å². The number of nitrogens with zero attached hydrogens (tertiary/aromatic N) is 5. The molecule has 0 amide bonds. The molecule has 0 spiro atoms. The lowest BCUT2D eigenvalue weighted by Gasteiger charge is -2.31. The Bertz CT molecular complexity index is 1010. The van der Waals surface area contributed by atoms with E-state index >= 15 is 0 Å². The van der Waals surface area contributed by atoms with E-state index in [1.807, 2.05) is 32.9 Å². The summed E-state index contributed by atoms with van der Waals surface area (Å²) in [5.74, 6) is 0.272. The van der Waals surface area contributed by atoms with Crippen LogP contribution in [0.4, 0.5) is 0 Å². The second kappa shape index (κ2) is 6.40. The Morgan fingerprint density at radius 1 is 1.12 bits per heavy atom. The molecular formula is C17H21N5O2S2. The highest BCUT2D eigenvalue weighted by Gasteiger charge is 2.33. The van der Waals surface area contributed by atoms with Gasteiger partial charge in [0.2, 0.25) is 15.0 Å². The molecule has 3 aromatic rings. The summed E-state index contributed by atoms with van der Waals surface area (Å²) < 4.78 is 29.6. The van der Waals surface area contributed by atoms with Crippen LogP contribution in [0.5, 0.6) is 0 Å². The largest absolute Gasteiger partial charge is 0.243 e. The van der Waals surface area contributed by atoms with Gasteiger partial charge < -0.3 is 0 Å². The van der Waals surface area contributed by atoms with Crippen molar-refractivity contribution in [2.75, 3.05) is 13.1 Å². The van der Waals surface area contributed by atoms with Gasteiger partial charge in [-0.1, -0.05) is 29.0 Å². The van der Waals surface area contributed by atoms with Crippen LogP contribution in [0, 0.1) is 20.8 Å². The summed E-state index contributed by atoms with van der Waals surface area (Å²) in [5, 5.41) is 13.4. The molecule has 0 atom stereocenters. The van der Waals surface area contributed by atoms with Crippen LogP contribution in [-0.2, 0) is 10.0 Å². The molecule has 0 radical (unpaired) electrons. The van der Waals surface area contributed by atoms with Gasteiger partial charge in [0.25, 0.3) is 0 Å². The second-order valence-corrected chi connectivity index (χ2v) is 9.77. The maximum atomic E-state index is 13.2. The van der Waals surface area contributed by atoms with Crippen LogP contribution < -0.4 is 0 Å². The highest BCUT2D eigenvalue weighted by atomic mass is 32.2. The van der Waals surface area contributed by atoms with E-state index in [4.69, 9.17) is 0 Å². The fourth-order valence-corrected chi connectivity index (χ4v) is 6.66. The van der Waals surface area contributed by atoms with Gasteiger partial charge in [0.05, 0.1) is 4.90 Å². The standard InChI is InChI=1S/C17H21N5O2S2/c1-11-8-12(2)15(13(3)9-11)26(23,24)21-6-4-14(5-7-21)16-20-22-10-18-19-17(22)25-16/h8-10,14H,4-7H2,1-3H3. The molecular weight excluding hydrogens is 370 g/mol. The number of fused-ring (bicyclic) bond motifs is 1. The van der Waals surface area contributed by atoms with Crippen LogP contribution >= 0.6 is 11.3 Å². The van der Waals surface area contributed by atoms with Crippen LogP contribution in [0.2, 0.25) is 0 Å². The number of aryl methyl sites for hydroxylation is 3. The fraction of sp³-hybridized carbons (Fsp3) is 0.471. The molecule has 3 heterocycles. The smallest absolute Gasteiger partial charge is 0.207 e. The van der Waals surface area contributed by atoms with E-state index in [-0.39, 0.29) is 5.92 Å². The Balaban J connectivity index is 1.54. The van der Waals surface area contributed by atoms with Crippen molar-refractivity contribution in [1.82, 2.24) is 24.1 Å². The lowest BCUT2D eigenvalue weighted by Crippen LogP contribution is -2.38. The van der Waals surface area contributed by atoms with Crippen molar-refractivity contribution in [3.05, 3.63) is 40.2 Å². The van der Waals surface area contributed by atoms with Gasteiger partial charge in [0, 0.05) is 19.0 Å². The molecule has 0 saturated carbocycles. The van der Waals surface area contributed by atoms with Crippen molar-refractivity contribution in [2.24, 2.45) is 0 Å². The molecule has 9 heteroatoms. The molecule has 1 aliphatic heterocycles. The molecule has 2 aromatic heterocycles. The first-order valence-electron chi connectivity index (χ1n) is 8.61. The van der Waals surface area contributed by atoms with Crippen molar-refractivity contribution in [1.29, 1.82) is 0 Å². The minimum Gasteiger partial charge on any atom is -0.207 e. The summed E-state index contributed by atoms with van der Waals surface area (Å²) in [7, 11) is -3.47. The van der Waals surface area contributed by atoms with E-state index in [1.165, 1.54) is 11.3 Å². The van der Waals surface area contributed by atoms with Gasteiger partial charge in [0.1, 0.15) is 11.3 Å². The van der Waals surface area contributed by atoms with Gasteiger partial charge in [-0.15, -0.1) is 10.2 Å². The maximum Gasteiger partial charge on any atom is 0.243 e. The third-order valence-electron chi connectivity index (χ3n) is 4.91. The summed E-state index contributed by atoms with van der Waals surface area (Å²) in [6.07, 6.45) is 3.14. The molecule has 0 N–H and O–H groups in total. The second-order valence-electron chi connectivity index (χ2n) is 6.90. The molecule has 0 aliphatic carbocycles. The van der Waals surface area contributed by atoms with E-state index in [0.717, 1.165) is 39.5 Å². The lowest BCUT2D eigenvalue weighted by atomic mass is 9.99. The van der Waals surface area contributed by atoms with E-state index in [0.29, 0.717) is 18.0 Å². The van der Waals surface area contributed by atoms with Crippen LogP contribution in [0.1, 0.15) is 40.5 Å². The first kappa shape index (κ1) is 17.6. The molecule has 0 bridgehead atoms. The van der Waals surface area contributed by atoms with Gasteiger partial charge in [0.15, 0.2) is 0 Å². The average Bonchev–Trinajstić information content (AvgIpc) is 3.15. The monoisotopic (exact) mass is 391 g/mol. The number of benzene rings is 1. The maximum absolute atomic E-state index is 13.2. The number of sulfonamides is 1. The van der Waals surface area contributed by atoms with Gasteiger partial charge >= 0.3 is 0 Å². The summed E-state index contributed by atoms with van der Waals surface area (Å²) in [4.78, 5) is 1.24. The summed E-state index contributed by atoms with van der Waals surface area (Å²) >= 11 is 1.53. The lowest BCUT2D eigenvalue weighted by molar-refractivity contribution is 0.318. The molecule has 0 unspecified atom stereocenters. The van der Waals surface area contributed by atoms with E-state index in [9.17, 15) is 8.42 Å². The Kier molecular flexibility index (Phi) is 4.32. The van der Waals surface area contributed by atoms with Crippen molar-refractivity contribution < 1.29 is 8.42 Å². The number of rotatable bonds is 3. The molecule has 4 rings (SSSR count). The quantitative estimate of drug-likeness (QED) is 0.686. The van der Waals surface area contributed by atoms with Gasteiger partial charge in [-0.3, -0.25) is 0 Å². The molecule has 1 fully saturated rings. The van der Waals surface area contributed by atoms with Gasteiger partial charge in [-0.2, -0.15) is 13.9 Å². The minimum atomic E-state index is -3.47. The van der Waals surface area contributed by atoms with E-state index in [2.05, 4.69) is 15.3 Å². The van der Waals surface area contributed by atoms with Crippen LogP contribution in [0.15, 0.2) is 23.4 Å². The Hall–Kier alpha value is -1.84. The summed E-state index contributed by atoms with van der Waals surface area (Å²) in [6, 6.07) is 3.87. The zero-order chi connectivity index (χ0) is 18.5. The normalized spacial score (nSPS) is 17.2. The highest BCUT2D eigenvalue weighted by molar-refractivity contribution is 7.89. The third kappa shape index (κ3) is 2.93. The van der Waals surface area contributed by atoms with E-state index in [1.54, 1.807) is 15.1 Å². The highest BCUT2D eigenvalue weighted by Crippen LogP contribution is 2.34. The average molecular weight is 392 g/mol. The number of piperidine rings is 1. The molecule has 1 aromatic carbocycles. The van der Waals surface area contributed by atoms with Crippen molar-refractivity contribution in [2.45, 2.75) is 44.4 Å². The molecule has 26 heavy (non-hydrogen) atoms. The van der Waals surface area contributed by atoms with Crippen LogP contribution in [-0.4, -0.2) is 45.6 Å². The Labute approximate surface area is 156 Å². The minimum absolute atomic E-state index is 0.272. The molecule has 138 valence electrons. The topological polar surface area (TPSA) is 80.5 Å². The SMILES string of the molecule is Cc1cc(C)c(S(=O)(=O)N2CCC(c3nn4cnnc4s3)CC2)c(C)c1. The zero-order valence-corrected chi connectivity index (χ0v) is 16.6. The molecule has 1 saturated heterocycles. The predicted octanol–water partition coefficient (Wildman–Crippen LogP) is 2.68. The van der Waals surface area contributed by atoms with Crippen molar-refractivity contribution in [3.63, 3.8) is 0 Å². The Morgan fingerprint density at radius 3 is 2.38 bits per heavy atom. The van der Waals surface area contributed by atoms with Crippen LogP contribution in [0.3, 0.4) is 0 Å². The summed E-state index contributed by atoms with van der Waals surface area (Å²) in [6.45, 7) is 6.76. The van der Waals surface area contributed by atoms with Gasteiger partial charge in [-0.05, 0) is 44.7 Å². The van der Waals surface area contributed by atoms with Crippen molar-refractivity contribution >= 4 is 26.3 Å². The molecule has 7 nitrogen and oxygen atoms in total. The first-order valence-corrected chi connectivity index (χ1v) is 10.9. The number of hydrogen-bond acceptors (Lipinski definition) is 6. The number of aromatic nitrogens is 4. The number of hydrogen-bond donors (Lipinski definition) is 0. The molecule has 1 aliphatic rings. The fourth-order valence-electron chi connectivity index (χ4n) is 3.79. The first-order chi connectivity index (χ1) is 12.4. The predicted molar refractivity (Wildman–Crippen MR) is 100 cm³/mol.